The molecule has 0 spiro atoms. The van der Waals surface area contributed by atoms with Crippen LogP contribution in [0.4, 0.5) is 14.7 Å². The monoisotopic (exact) mass is 350 g/mol. The van der Waals surface area contributed by atoms with E-state index in [1.165, 1.54) is 12.1 Å². The Bertz CT molecular complexity index is 800. The number of rotatable bonds is 2. The first-order chi connectivity index (χ1) is 10.1. The molecule has 3 rings (SSSR count). The van der Waals surface area contributed by atoms with E-state index in [0.29, 0.717) is 11.1 Å². The Hall–Kier alpha value is -2.21. The molecule has 0 unspecified atom stereocenters. The largest absolute Gasteiger partial charge is 0.367 e. The molecule has 21 heavy (non-hydrogen) atoms. The Morgan fingerprint density at radius 2 is 1.76 bits per heavy atom. The lowest BCUT2D eigenvalue weighted by molar-refractivity contribution is 0.438. The van der Waals surface area contributed by atoms with Crippen molar-refractivity contribution in [1.82, 2.24) is 5.16 Å². The fraction of sp³-hybridized carbons (Fsp3) is 0. The second-order valence-corrected chi connectivity index (χ2v) is 5.29. The van der Waals surface area contributed by atoms with Crippen LogP contribution in [0.25, 0.3) is 22.4 Å². The van der Waals surface area contributed by atoms with Gasteiger partial charge in [0.2, 0.25) is 5.88 Å². The summed E-state index contributed by atoms with van der Waals surface area (Å²) >= 11 is 3.33. The summed E-state index contributed by atoms with van der Waals surface area (Å²) in [5, 5.41) is 3.77. The first-order valence-corrected chi connectivity index (χ1v) is 6.82. The molecule has 3 aromatic rings. The number of nitrogen functional groups attached to an aromatic ring is 1. The summed E-state index contributed by atoms with van der Waals surface area (Å²) in [6, 6.07) is 11.1. The van der Waals surface area contributed by atoms with Crippen LogP contribution < -0.4 is 5.73 Å². The maximum atomic E-state index is 14.0. The molecule has 3 nitrogen and oxygen atoms in total. The van der Waals surface area contributed by atoms with Gasteiger partial charge in [-0.05, 0) is 29.8 Å². The molecule has 0 fully saturated rings. The van der Waals surface area contributed by atoms with Gasteiger partial charge in [0.25, 0.3) is 0 Å². The number of hydrogen-bond acceptors (Lipinski definition) is 3. The summed E-state index contributed by atoms with van der Waals surface area (Å²) in [4.78, 5) is 0. The molecule has 6 heteroatoms. The van der Waals surface area contributed by atoms with E-state index in [0.717, 1.165) is 10.5 Å². The van der Waals surface area contributed by atoms with Gasteiger partial charge in [0.05, 0.1) is 5.56 Å². The summed E-state index contributed by atoms with van der Waals surface area (Å²) < 4.78 is 33.2. The van der Waals surface area contributed by atoms with E-state index in [2.05, 4.69) is 21.1 Å². The molecular weight excluding hydrogens is 342 g/mol. The third-order valence-corrected chi connectivity index (χ3v) is 3.59. The topological polar surface area (TPSA) is 52.0 Å². The van der Waals surface area contributed by atoms with Gasteiger partial charge in [-0.2, -0.15) is 0 Å². The first-order valence-electron chi connectivity index (χ1n) is 6.03. The van der Waals surface area contributed by atoms with Crippen LogP contribution in [0.3, 0.4) is 0 Å². The number of hydrogen-bond donors (Lipinski definition) is 1. The highest BCUT2D eigenvalue weighted by atomic mass is 79.9. The van der Waals surface area contributed by atoms with E-state index < -0.39 is 11.6 Å². The van der Waals surface area contributed by atoms with E-state index in [9.17, 15) is 8.78 Å². The van der Waals surface area contributed by atoms with Crippen molar-refractivity contribution in [3.8, 4) is 22.4 Å². The van der Waals surface area contributed by atoms with Gasteiger partial charge in [-0.25, -0.2) is 8.78 Å². The van der Waals surface area contributed by atoms with Crippen molar-refractivity contribution in [1.29, 1.82) is 0 Å². The Balaban J connectivity index is 2.22. The van der Waals surface area contributed by atoms with Crippen LogP contribution in [0.2, 0.25) is 0 Å². The Morgan fingerprint density at radius 1 is 1.05 bits per heavy atom. The molecule has 0 radical (unpaired) electrons. The fourth-order valence-electron chi connectivity index (χ4n) is 2.07. The van der Waals surface area contributed by atoms with Crippen molar-refractivity contribution in [2.24, 2.45) is 0 Å². The number of anilines is 1. The fourth-order valence-corrected chi connectivity index (χ4v) is 2.33. The minimum Gasteiger partial charge on any atom is -0.367 e. The molecule has 2 aromatic carbocycles. The third-order valence-electron chi connectivity index (χ3n) is 3.06. The predicted octanol–water partition coefficient (Wildman–Crippen LogP) is 4.63. The minimum absolute atomic E-state index is 0.00775. The zero-order valence-corrected chi connectivity index (χ0v) is 12.2. The lowest BCUT2D eigenvalue weighted by Crippen LogP contribution is -1.92. The number of benzene rings is 2. The summed E-state index contributed by atoms with van der Waals surface area (Å²) in [6.45, 7) is 0. The number of nitrogens with two attached hydrogens (primary N) is 1. The van der Waals surface area contributed by atoms with Gasteiger partial charge < -0.3 is 10.3 Å². The summed E-state index contributed by atoms with van der Waals surface area (Å²) in [6.07, 6.45) is 0. The normalized spacial score (nSPS) is 10.8. The van der Waals surface area contributed by atoms with Crippen LogP contribution in [0.5, 0.6) is 0 Å². The quantitative estimate of drug-likeness (QED) is 0.732. The smallest absolute Gasteiger partial charge is 0.230 e. The SMILES string of the molecule is Nc1onc(-c2cccc(F)c2F)c1-c1ccc(Br)cc1. The Kier molecular flexibility index (Phi) is 3.47. The van der Waals surface area contributed by atoms with Gasteiger partial charge in [-0.1, -0.05) is 39.3 Å². The van der Waals surface area contributed by atoms with Crippen LogP contribution in [0.1, 0.15) is 0 Å². The highest BCUT2D eigenvalue weighted by Crippen LogP contribution is 2.37. The average molecular weight is 351 g/mol. The van der Waals surface area contributed by atoms with Crippen molar-refractivity contribution in [3.05, 3.63) is 58.6 Å². The van der Waals surface area contributed by atoms with Crippen LogP contribution in [0.15, 0.2) is 51.5 Å². The molecule has 0 saturated heterocycles. The maximum Gasteiger partial charge on any atom is 0.230 e. The zero-order chi connectivity index (χ0) is 15.0. The highest BCUT2D eigenvalue weighted by Gasteiger charge is 2.21. The zero-order valence-electron chi connectivity index (χ0n) is 10.6. The lowest BCUT2D eigenvalue weighted by Gasteiger charge is -2.04. The molecule has 2 N–H and O–H groups in total. The average Bonchev–Trinajstić information content (AvgIpc) is 2.85. The summed E-state index contributed by atoms with van der Waals surface area (Å²) in [7, 11) is 0. The third kappa shape index (κ3) is 2.42. The molecule has 0 aliphatic rings. The molecule has 0 saturated carbocycles. The summed E-state index contributed by atoms with van der Waals surface area (Å²) in [5.41, 5.74) is 7.10. The minimum atomic E-state index is -0.982. The molecule has 0 aliphatic heterocycles. The van der Waals surface area contributed by atoms with Gasteiger partial charge in [0, 0.05) is 10.0 Å². The van der Waals surface area contributed by atoms with Crippen LogP contribution >= 0.6 is 15.9 Å². The molecule has 106 valence electrons. The van der Waals surface area contributed by atoms with Gasteiger partial charge in [-0.3, -0.25) is 0 Å². The lowest BCUT2D eigenvalue weighted by atomic mass is 10.0. The standard InChI is InChI=1S/C15H9BrF2N2O/c16-9-6-4-8(5-7-9)12-14(20-21-15(12)19)10-2-1-3-11(17)13(10)18/h1-7H,19H2. The van der Waals surface area contributed by atoms with Crippen LogP contribution in [0, 0.1) is 11.6 Å². The second-order valence-electron chi connectivity index (χ2n) is 4.38. The van der Waals surface area contributed by atoms with Gasteiger partial charge in [0.1, 0.15) is 5.69 Å². The predicted molar refractivity (Wildman–Crippen MR) is 79.4 cm³/mol. The van der Waals surface area contributed by atoms with E-state index in [4.69, 9.17) is 10.3 Å². The van der Waals surface area contributed by atoms with Gasteiger partial charge >= 0.3 is 0 Å². The molecule has 0 amide bonds. The second kappa shape index (κ2) is 5.29. The van der Waals surface area contributed by atoms with E-state index >= 15 is 0 Å². The Morgan fingerprint density at radius 3 is 2.48 bits per heavy atom. The van der Waals surface area contributed by atoms with Crippen molar-refractivity contribution >= 4 is 21.8 Å². The van der Waals surface area contributed by atoms with Gasteiger partial charge in [-0.15, -0.1) is 0 Å². The van der Waals surface area contributed by atoms with Crippen LogP contribution in [-0.2, 0) is 0 Å². The summed E-state index contributed by atoms with van der Waals surface area (Å²) in [5.74, 6) is -1.88. The highest BCUT2D eigenvalue weighted by molar-refractivity contribution is 9.10. The molecule has 1 aromatic heterocycles. The molecule has 0 atom stereocenters. The van der Waals surface area contributed by atoms with E-state index in [-0.39, 0.29) is 17.1 Å². The van der Waals surface area contributed by atoms with Crippen molar-refractivity contribution in [2.75, 3.05) is 5.73 Å². The van der Waals surface area contributed by atoms with Crippen LogP contribution in [-0.4, -0.2) is 5.16 Å². The van der Waals surface area contributed by atoms with E-state index in [1.54, 1.807) is 12.1 Å². The number of aromatic nitrogens is 1. The van der Waals surface area contributed by atoms with Crippen molar-refractivity contribution in [2.45, 2.75) is 0 Å². The number of halogens is 3. The molecular formula is C15H9BrF2N2O. The molecule has 1 heterocycles. The molecule has 0 aliphatic carbocycles. The van der Waals surface area contributed by atoms with E-state index in [1.807, 2.05) is 12.1 Å². The van der Waals surface area contributed by atoms with Gasteiger partial charge in [0.15, 0.2) is 11.6 Å². The number of nitrogens with zero attached hydrogens (tertiary/aromatic N) is 1. The maximum absolute atomic E-state index is 14.0. The Labute approximate surface area is 127 Å². The molecule has 0 bridgehead atoms. The first kappa shape index (κ1) is 13.8. The van der Waals surface area contributed by atoms with Crippen molar-refractivity contribution < 1.29 is 13.3 Å². The van der Waals surface area contributed by atoms with Crippen molar-refractivity contribution in [3.63, 3.8) is 0 Å².